The molecule has 1 aliphatic heterocycles. The number of carbonyl (C=O) groups excluding carboxylic acids is 2. The summed E-state index contributed by atoms with van der Waals surface area (Å²) in [6.45, 7) is 1.47. The highest BCUT2D eigenvalue weighted by atomic mass is 32.2. The van der Waals surface area contributed by atoms with Crippen LogP contribution in [0.5, 0.6) is 5.75 Å². The molecule has 2 aromatic rings. The third-order valence-corrected chi connectivity index (χ3v) is 4.76. The molecule has 3 N–H and O–H groups in total. The molecule has 0 radical (unpaired) electrons. The van der Waals surface area contributed by atoms with Crippen molar-refractivity contribution in [2.24, 2.45) is 4.99 Å². The van der Waals surface area contributed by atoms with Gasteiger partial charge in [0.15, 0.2) is 5.17 Å². The molecule has 1 fully saturated rings. The van der Waals surface area contributed by atoms with E-state index < -0.39 is 5.97 Å². The molecule has 0 bridgehead atoms. The van der Waals surface area contributed by atoms with Gasteiger partial charge in [0.1, 0.15) is 5.75 Å². The number of aliphatic imine (C=N–C) groups is 1. The highest BCUT2D eigenvalue weighted by Gasteiger charge is 2.24. The van der Waals surface area contributed by atoms with Gasteiger partial charge in [-0.05, 0) is 48.2 Å². The van der Waals surface area contributed by atoms with Crippen LogP contribution in [0.2, 0.25) is 0 Å². The zero-order valence-electron chi connectivity index (χ0n) is 16.0. The molecule has 1 aliphatic rings. The summed E-state index contributed by atoms with van der Waals surface area (Å²) in [6.07, 6.45) is 1.57. The predicted molar refractivity (Wildman–Crippen MR) is 116 cm³/mol. The maximum Gasteiger partial charge on any atom is 0.306 e. The Morgan fingerprint density at radius 3 is 2.63 bits per heavy atom. The lowest BCUT2D eigenvalue weighted by molar-refractivity contribution is -0.137. The van der Waals surface area contributed by atoms with Crippen molar-refractivity contribution < 1.29 is 24.2 Å². The zero-order chi connectivity index (χ0) is 21.5. The first-order valence-corrected chi connectivity index (χ1v) is 9.83. The molecule has 30 heavy (non-hydrogen) atoms. The molecule has 0 spiro atoms. The van der Waals surface area contributed by atoms with Crippen LogP contribution < -0.4 is 15.4 Å². The van der Waals surface area contributed by atoms with Crippen molar-refractivity contribution in [1.29, 1.82) is 0 Å². The van der Waals surface area contributed by atoms with Gasteiger partial charge in [0.2, 0.25) is 5.91 Å². The van der Waals surface area contributed by atoms with Gasteiger partial charge in [0.05, 0.1) is 23.6 Å². The number of amidine groups is 1. The Balaban J connectivity index is 1.73. The number of nitrogens with zero attached hydrogens (tertiary/aromatic N) is 1. The summed E-state index contributed by atoms with van der Waals surface area (Å²) < 4.78 is 5.53. The largest absolute Gasteiger partial charge is 0.492 e. The van der Waals surface area contributed by atoms with Crippen LogP contribution >= 0.6 is 11.8 Å². The average molecular weight is 425 g/mol. The maximum atomic E-state index is 12.3. The van der Waals surface area contributed by atoms with E-state index in [9.17, 15) is 14.4 Å². The number of rotatable bonds is 7. The number of carbonyl (C=O) groups is 3. The van der Waals surface area contributed by atoms with Crippen molar-refractivity contribution in [2.75, 3.05) is 11.9 Å². The molecule has 0 atom stereocenters. The quantitative estimate of drug-likeness (QED) is 0.586. The highest BCUT2D eigenvalue weighted by molar-refractivity contribution is 8.18. The molecule has 2 aromatic carbocycles. The van der Waals surface area contributed by atoms with Crippen LogP contribution in [-0.4, -0.2) is 34.7 Å². The van der Waals surface area contributed by atoms with Gasteiger partial charge in [-0.2, -0.15) is 0 Å². The molecule has 154 valence electrons. The van der Waals surface area contributed by atoms with Crippen molar-refractivity contribution in [3.8, 4) is 5.75 Å². The molecule has 0 saturated carbocycles. The Kier molecular flexibility index (Phi) is 6.87. The standard InChI is InChI=1S/C21H19N3O5S/c1-13(25)22-15-6-8-16(9-7-15)23-21-24-20(28)18(30-21)12-14-4-2-3-5-17(14)29-11-10-19(26)27/h2-9,12H,10-11H2,1H3,(H,22,25)(H,26,27)(H,23,24,28)/b18-12+. The van der Waals surface area contributed by atoms with Crippen LogP contribution in [-0.2, 0) is 14.4 Å². The van der Waals surface area contributed by atoms with Gasteiger partial charge in [0.25, 0.3) is 5.91 Å². The highest BCUT2D eigenvalue weighted by Crippen LogP contribution is 2.30. The molecule has 1 saturated heterocycles. The molecule has 0 aliphatic carbocycles. The van der Waals surface area contributed by atoms with Gasteiger partial charge in [-0.15, -0.1) is 0 Å². The first kappa shape index (κ1) is 21.1. The number of nitrogens with one attached hydrogen (secondary N) is 2. The van der Waals surface area contributed by atoms with E-state index in [1.165, 1.54) is 18.7 Å². The second-order valence-corrected chi connectivity index (χ2v) is 7.27. The number of amides is 2. The first-order chi connectivity index (χ1) is 14.4. The van der Waals surface area contributed by atoms with Crippen molar-refractivity contribution in [1.82, 2.24) is 5.32 Å². The number of benzene rings is 2. The lowest BCUT2D eigenvalue weighted by Crippen LogP contribution is -2.19. The number of hydrogen-bond acceptors (Lipinski definition) is 6. The Labute approximate surface area is 177 Å². The fourth-order valence-electron chi connectivity index (χ4n) is 2.54. The molecule has 0 aromatic heterocycles. The molecule has 1 heterocycles. The lowest BCUT2D eigenvalue weighted by atomic mass is 10.2. The number of carboxylic acids is 1. The number of aliphatic carboxylic acids is 1. The van der Waals surface area contributed by atoms with Crippen molar-refractivity contribution in [3.05, 3.63) is 59.0 Å². The minimum atomic E-state index is -0.942. The lowest BCUT2D eigenvalue weighted by Gasteiger charge is -2.08. The van der Waals surface area contributed by atoms with E-state index in [1.807, 2.05) is 0 Å². The number of thioether (sulfide) groups is 1. The molecular formula is C21H19N3O5S. The zero-order valence-corrected chi connectivity index (χ0v) is 16.9. The first-order valence-electron chi connectivity index (χ1n) is 9.01. The van der Waals surface area contributed by atoms with Crippen molar-refractivity contribution in [3.63, 3.8) is 0 Å². The summed E-state index contributed by atoms with van der Waals surface area (Å²) in [7, 11) is 0. The number of anilines is 1. The molecule has 2 amide bonds. The van der Waals surface area contributed by atoms with Gasteiger partial charge in [-0.3, -0.25) is 14.4 Å². The van der Waals surface area contributed by atoms with Crippen LogP contribution in [0.3, 0.4) is 0 Å². The smallest absolute Gasteiger partial charge is 0.306 e. The summed E-state index contributed by atoms with van der Waals surface area (Å²) in [5, 5.41) is 14.6. The maximum absolute atomic E-state index is 12.3. The monoisotopic (exact) mass is 425 g/mol. The van der Waals surface area contributed by atoms with Gasteiger partial charge >= 0.3 is 5.97 Å². The minimum absolute atomic E-state index is 0.0377. The van der Waals surface area contributed by atoms with E-state index in [0.29, 0.717) is 32.8 Å². The molecule has 8 nitrogen and oxygen atoms in total. The van der Waals surface area contributed by atoms with E-state index >= 15 is 0 Å². The summed E-state index contributed by atoms with van der Waals surface area (Å²) in [5.41, 5.74) is 1.96. The Bertz CT molecular complexity index is 1030. The normalized spacial score (nSPS) is 15.8. The topological polar surface area (TPSA) is 117 Å². The summed E-state index contributed by atoms with van der Waals surface area (Å²) in [6, 6.07) is 14.0. The summed E-state index contributed by atoms with van der Waals surface area (Å²) in [4.78, 5) is 38.9. The van der Waals surface area contributed by atoms with Gasteiger partial charge < -0.3 is 20.5 Å². The third kappa shape index (κ3) is 5.95. The van der Waals surface area contributed by atoms with Crippen molar-refractivity contribution >= 4 is 52.2 Å². The van der Waals surface area contributed by atoms with Gasteiger partial charge in [0, 0.05) is 18.2 Å². The number of ether oxygens (including phenoxy) is 1. The Morgan fingerprint density at radius 2 is 1.93 bits per heavy atom. The van der Waals surface area contributed by atoms with Crippen LogP contribution in [0.25, 0.3) is 6.08 Å². The summed E-state index contributed by atoms with van der Waals surface area (Å²) in [5.74, 6) is -0.884. The summed E-state index contributed by atoms with van der Waals surface area (Å²) >= 11 is 1.19. The van der Waals surface area contributed by atoms with E-state index in [0.717, 1.165) is 0 Å². The molecule has 0 unspecified atom stereocenters. The predicted octanol–water partition coefficient (Wildman–Crippen LogP) is 3.39. The van der Waals surface area contributed by atoms with Crippen molar-refractivity contribution in [2.45, 2.75) is 13.3 Å². The van der Waals surface area contributed by atoms with E-state index in [-0.39, 0.29) is 24.8 Å². The third-order valence-electron chi connectivity index (χ3n) is 3.85. The fourth-order valence-corrected chi connectivity index (χ4v) is 3.37. The minimum Gasteiger partial charge on any atom is -0.492 e. The molecule has 9 heteroatoms. The Hall–Kier alpha value is -3.59. The van der Waals surface area contributed by atoms with Gasteiger partial charge in [-0.1, -0.05) is 18.2 Å². The fraction of sp³-hybridized carbons (Fsp3) is 0.143. The van der Waals surface area contributed by atoms with E-state index in [1.54, 1.807) is 54.6 Å². The van der Waals surface area contributed by atoms with Crippen LogP contribution in [0.15, 0.2) is 58.4 Å². The SMILES string of the molecule is CC(=O)Nc1ccc(N=C2NC(=O)/C(=C\c3ccccc3OCCC(=O)O)S2)cc1. The van der Waals surface area contributed by atoms with E-state index in [2.05, 4.69) is 15.6 Å². The number of para-hydroxylation sites is 1. The molecule has 3 rings (SSSR count). The van der Waals surface area contributed by atoms with Crippen LogP contribution in [0, 0.1) is 0 Å². The van der Waals surface area contributed by atoms with E-state index in [4.69, 9.17) is 9.84 Å². The second-order valence-electron chi connectivity index (χ2n) is 6.24. The second kappa shape index (κ2) is 9.75. The van der Waals surface area contributed by atoms with Crippen LogP contribution in [0.1, 0.15) is 18.9 Å². The number of hydrogen-bond donors (Lipinski definition) is 3. The Morgan fingerprint density at radius 1 is 1.20 bits per heavy atom. The number of carboxylic acid groups (broad SMARTS) is 1. The van der Waals surface area contributed by atoms with Gasteiger partial charge in [-0.25, -0.2) is 4.99 Å². The average Bonchev–Trinajstić information content (AvgIpc) is 3.03. The molecular weight excluding hydrogens is 406 g/mol. The van der Waals surface area contributed by atoms with Crippen LogP contribution in [0.4, 0.5) is 11.4 Å².